The van der Waals surface area contributed by atoms with Crippen molar-refractivity contribution in [3.05, 3.63) is 77.4 Å². The number of nitrogens with one attached hydrogen (secondary N) is 1. The average Bonchev–Trinajstić information content (AvgIpc) is 3.45. The molecule has 1 N–H and O–H groups in total. The van der Waals surface area contributed by atoms with Crippen molar-refractivity contribution >= 4 is 40.1 Å². The molecule has 33 heavy (non-hydrogen) atoms. The molecule has 2 aromatic heterocycles. The maximum Gasteiger partial charge on any atom is 0.134 e. The Morgan fingerprint density at radius 1 is 1.09 bits per heavy atom. The van der Waals surface area contributed by atoms with Gasteiger partial charge in [0.25, 0.3) is 0 Å². The summed E-state index contributed by atoms with van der Waals surface area (Å²) < 4.78 is 15.6. The SMILES string of the molecule is Cc1nc(NC(C)c2cccc(OCc3cc(C)on3)c2)cc(-c2ccc3c(c2)SI=N3)n1. The smallest absolute Gasteiger partial charge is 0.134 e. The molecule has 0 saturated carbocycles. The molecular weight excluding hydrogens is 549 g/mol. The number of aryl methyl sites for hydroxylation is 2. The number of aromatic nitrogens is 3. The molecule has 2 aromatic carbocycles. The number of ether oxygens (including phenoxy) is 1. The van der Waals surface area contributed by atoms with Crippen molar-refractivity contribution in [2.75, 3.05) is 5.32 Å². The van der Waals surface area contributed by atoms with Crippen LogP contribution >= 0.6 is 28.6 Å². The first-order valence-electron chi connectivity index (χ1n) is 10.5. The predicted molar refractivity (Wildman–Crippen MR) is 138 cm³/mol. The lowest BCUT2D eigenvalue weighted by molar-refractivity contribution is 0.287. The van der Waals surface area contributed by atoms with Crippen molar-refractivity contribution < 1.29 is 9.26 Å². The number of halogens is 1. The van der Waals surface area contributed by atoms with Crippen LogP contribution in [-0.4, -0.2) is 15.1 Å². The number of benzene rings is 2. The van der Waals surface area contributed by atoms with Gasteiger partial charge in [-0.05, 0) is 59.5 Å². The molecule has 4 aromatic rings. The number of hydrogen-bond donors (Lipinski definition) is 1. The predicted octanol–water partition coefficient (Wildman–Crippen LogP) is 7.31. The number of anilines is 1. The van der Waals surface area contributed by atoms with E-state index in [1.54, 1.807) is 0 Å². The summed E-state index contributed by atoms with van der Waals surface area (Å²) in [7, 11) is 1.86. The lowest BCUT2D eigenvalue weighted by Crippen LogP contribution is -2.09. The highest BCUT2D eigenvalue weighted by atomic mass is 127. The van der Waals surface area contributed by atoms with E-state index in [2.05, 4.69) is 54.8 Å². The van der Waals surface area contributed by atoms with Gasteiger partial charge in [-0.3, -0.25) is 0 Å². The van der Waals surface area contributed by atoms with Crippen molar-refractivity contribution in [2.45, 2.75) is 38.3 Å². The van der Waals surface area contributed by atoms with Gasteiger partial charge in [-0.15, -0.1) is 0 Å². The third kappa shape index (κ3) is 5.25. The lowest BCUT2D eigenvalue weighted by Gasteiger charge is -2.17. The maximum absolute atomic E-state index is 5.90. The zero-order valence-electron chi connectivity index (χ0n) is 18.4. The van der Waals surface area contributed by atoms with Gasteiger partial charge in [0, 0.05) is 22.6 Å². The minimum atomic E-state index is -0.162. The second kappa shape index (κ2) is 9.60. The van der Waals surface area contributed by atoms with Gasteiger partial charge in [-0.1, -0.05) is 23.4 Å². The van der Waals surface area contributed by atoms with E-state index < -0.39 is 0 Å². The first-order valence-corrected chi connectivity index (χ1v) is 14.8. The Bertz CT molecular complexity index is 1340. The summed E-state index contributed by atoms with van der Waals surface area (Å²) in [4.78, 5) is 10.5. The molecule has 168 valence electrons. The normalized spacial score (nSPS) is 13.3. The summed E-state index contributed by atoms with van der Waals surface area (Å²) in [5.74, 6) is 3.08. The minimum Gasteiger partial charge on any atom is -0.487 e. The highest BCUT2D eigenvalue weighted by molar-refractivity contribution is 14.2. The Labute approximate surface area is 205 Å². The highest BCUT2D eigenvalue weighted by Gasteiger charge is 2.13. The van der Waals surface area contributed by atoms with Gasteiger partial charge in [0.2, 0.25) is 0 Å². The van der Waals surface area contributed by atoms with Crippen LogP contribution < -0.4 is 10.1 Å². The molecule has 0 amide bonds. The third-order valence-corrected chi connectivity index (χ3v) is 8.88. The molecule has 0 bridgehead atoms. The van der Waals surface area contributed by atoms with E-state index in [4.69, 9.17) is 9.26 Å². The minimum absolute atomic E-state index is 0.0316. The van der Waals surface area contributed by atoms with Gasteiger partial charge in [0.1, 0.15) is 35.5 Å². The Kier molecular flexibility index (Phi) is 6.41. The van der Waals surface area contributed by atoms with Crippen molar-refractivity contribution in [1.29, 1.82) is 0 Å². The topological polar surface area (TPSA) is 85.4 Å². The first kappa shape index (κ1) is 22.0. The van der Waals surface area contributed by atoms with Gasteiger partial charge in [-0.25, -0.2) is 13.1 Å². The number of nitrogens with zero attached hydrogens (tertiary/aromatic N) is 4. The fraction of sp³-hybridized carbons (Fsp3) is 0.208. The molecule has 9 heteroatoms. The molecule has 1 aliphatic heterocycles. The average molecular weight is 571 g/mol. The number of rotatable bonds is 7. The van der Waals surface area contributed by atoms with E-state index in [0.29, 0.717) is 6.61 Å². The molecular formula is C24H22IN5O2S. The Balaban J connectivity index is 1.31. The molecule has 1 atom stereocenters. The summed E-state index contributed by atoms with van der Waals surface area (Å²) in [5.41, 5.74) is 4.97. The van der Waals surface area contributed by atoms with Crippen LogP contribution in [0.4, 0.5) is 11.5 Å². The van der Waals surface area contributed by atoms with Gasteiger partial charge in [-0.2, -0.15) is 0 Å². The van der Waals surface area contributed by atoms with Crippen LogP contribution in [0.1, 0.15) is 35.8 Å². The number of fused-ring (bicyclic) bond motifs is 1. The molecule has 7 nitrogen and oxygen atoms in total. The van der Waals surface area contributed by atoms with Gasteiger partial charge in [0.15, 0.2) is 0 Å². The molecule has 0 radical (unpaired) electrons. The second-order valence-corrected chi connectivity index (χ2v) is 11.5. The molecule has 5 rings (SSSR count). The fourth-order valence-corrected chi connectivity index (χ4v) is 7.27. The zero-order valence-corrected chi connectivity index (χ0v) is 21.3. The standard InChI is InChI=1S/C24H22IN5O2S/c1-14-9-19(30-32-14)13-31-20-6-4-5-17(10-20)15(2)26-24-12-22(27-16(3)28-24)18-7-8-21-23(11-18)33-25-29-21/h4-12,15H,13H2,1-3H3,(H,26,27,28). The van der Waals surface area contributed by atoms with Crippen LogP contribution in [0.2, 0.25) is 0 Å². The summed E-state index contributed by atoms with van der Waals surface area (Å²) in [6.07, 6.45) is 0. The van der Waals surface area contributed by atoms with Crippen LogP contribution in [0.3, 0.4) is 0 Å². The van der Waals surface area contributed by atoms with E-state index in [0.717, 1.165) is 51.4 Å². The van der Waals surface area contributed by atoms with E-state index >= 15 is 0 Å². The summed E-state index contributed by atoms with van der Waals surface area (Å²) in [6, 6.07) is 18.3. The highest BCUT2D eigenvalue weighted by Crippen LogP contribution is 2.48. The van der Waals surface area contributed by atoms with Crippen molar-refractivity contribution in [1.82, 2.24) is 15.1 Å². The van der Waals surface area contributed by atoms with Crippen LogP contribution in [-0.2, 0) is 6.61 Å². The van der Waals surface area contributed by atoms with E-state index in [9.17, 15) is 0 Å². The van der Waals surface area contributed by atoms with Crippen LogP contribution in [0.15, 0.2) is 67.2 Å². The second-order valence-electron chi connectivity index (χ2n) is 7.75. The van der Waals surface area contributed by atoms with Crippen LogP contribution in [0.25, 0.3) is 11.3 Å². The Morgan fingerprint density at radius 3 is 2.85 bits per heavy atom. The quantitative estimate of drug-likeness (QED) is 0.233. The summed E-state index contributed by atoms with van der Waals surface area (Å²) >= 11 is -0.162. The van der Waals surface area contributed by atoms with Gasteiger partial charge >= 0.3 is 0 Å². The largest absolute Gasteiger partial charge is 0.487 e. The summed E-state index contributed by atoms with van der Waals surface area (Å²) in [5, 5.41) is 7.49. The molecule has 0 aliphatic carbocycles. The first-order chi connectivity index (χ1) is 16.0. The van der Waals surface area contributed by atoms with E-state index in [1.807, 2.05) is 53.1 Å². The lowest BCUT2D eigenvalue weighted by atomic mass is 10.1. The van der Waals surface area contributed by atoms with Gasteiger partial charge in [0.05, 0.1) is 37.1 Å². The van der Waals surface area contributed by atoms with Gasteiger partial charge < -0.3 is 14.6 Å². The van der Waals surface area contributed by atoms with Crippen LogP contribution in [0.5, 0.6) is 5.75 Å². The Morgan fingerprint density at radius 2 is 2.00 bits per heavy atom. The van der Waals surface area contributed by atoms with Crippen LogP contribution in [0, 0.1) is 13.8 Å². The summed E-state index contributed by atoms with van der Waals surface area (Å²) in [6.45, 7) is 6.26. The molecule has 0 saturated heterocycles. The van der Waals surface area contributed by atoms with Crippen molar-refractivity contribution in [3.63, 3.8) is 0 Å². The zero-order chi connectivity index (χ0) is 22.8. The van der Waals surface area contributed by atoms with E-state index in [-0.39, 0.29) is 25.7 Å². The third-order valence-electron chi connectivity index (χ3n) is 5.12. The monoisotopic (exact) mass is 571 g/mol. The van der Waals surface area contributed by atoms with Crippen molar-refractivity contribution in [2.24, 2.45) is 3.15 Å². The molecule has 1 unspecified atom stereocenters. The molecule has 3 heterocycles. The van der Waals surface area contributed by atoms with E-state index in [1.165, 1.54) is 4.90 Å². The maximum atomic E-state index is 5.90. The molecule has 1 aliphatic rings. The molecule has 0 spiro atoms. The fourth-order valence-electron chi connectivity index (χ4n) is 3.51. The number of hydrogen-bond acceptors (Lipinski definition) is 8. The molecule has 0 fully saturated rings. The Hall–Kier alpha value is -2.79. The van der Waals surface area contributed by atoms with Crippen molar-refractivity contribution in [3.8, 4) is 17.0 Å².